The third-order valence-electron chi connectivity index (χ3n) is 1.83. The lowest BCUT2D eigenvalue weighted by Gasteiger charge is -2.15. The maximum atomic E-state index is 11.3. The van der Waals surface area contributed by atoms with Crippen molar-refractivity contribution in [2.24, 2.45) is 0 Å². The molecule has 1 aromatic carbocycles. The summed E-state index contributed by atoms with van der Waals surface area (Å²) in [5, 5.41) is 11.3. The van der Waals surface area contributed by atoms with Crippen molar-refractivity contribution in [2.75, 3.05) is 14.1 Å². The Labute approximate surface area is 73.4 Å². The van der Waals surface area contributed by atoms with Crippen molar-refractivity contribution in [1.82, 2.24) is 4.90 Å². The minimum absolute atomic E-state index is 0.577. The molecule has 0 amide bonds. The van der Waals surface area contributed by atoms with E-state index in [1.54, 1.807) is 19.0 Å². The van der Waals surface area contributed by atoms with Crippen LogP contribution in [0.15, 0.2) is 30.3 Å². The Balaban J connectivity index is 2.53. The van der Waals surface area contributed by atoms with Gasteiger partial charge in [-0.1, -0.05) is 30.3 Å². The van der Waals surface area contributed by atoms with Gasteiger partial charge in [0.1, 0.15) is 6.23 Å². The van der Waals surface area contributed by atoms with E-state index in [0.717, 1.165) is 5.56 Å². The predicted molar refractivity (Wildman–Crippen MR) is 48.3 cm³/mol. The molecule has 0 bridgehead atoms. The topological polar surface area (TPSA) is 23.1 Å². The maximum absolute atomic E-state index is 11.3. The second kappa shape index (κ2) is 4.24. The fraction of sp³-hybridized carbons (Fsp3) is 0.400. The van der Waals surface area contributed by atoms with Crippen molar-refractivity contribution in [3.05, 3.63) is 35.9 Å². The van der Waals surface area contributed by atoms with Gasteiger partial charge in [-0.2, -0.15) is 0 Å². The number of benzene rings is 1. The molecule has 0 aliphatic heterocycles. The van der Waals surface area contributed by atoms with Crippen LogP contribution in [0.3, 0.4) is 0 Å². The van der Waals surface area contributed by atoms with E-state index in [-0.39, 0.29) is 0 Å². The highest BCUT2D eigenvalue weighted by Crippen LogP contribution is 2.04. The molecule has 1 radical (unpaired) electrons. The van der Waals surface area contributed by atoms with Gasteiger partial charge < -0.3 is 0 Å². The molecule has 1 rings (SSSR count). The van der Waals surface area contributed by atoms with Crippen molar-refractivity contribution in [2.45, 2.75) is 12.6 Å². The molecule has 2 nitrogen and oxygen atoms in total. The van der Waals surface area contributed by atoms with Gasteiger partial charge in [-0.15, -0.1) is 0 Å². The molecular weight excluding hydrogens is 150 g/mol. The zero-order chi connectivity index (χ0) is 8.97. The number of nitrogens with zero attached hydrogens (tertiary/aromatic N) is 1. The Morgan fingerprint density at radius 3 is 2.33 bits per heavy atom. The van der Waals surface area contributed by atoms with Gasteiger partial charge in [0.2, 0.25) is 0 Å². The molecule has 0 saturated carbocycles. The van der Waals surface area contributed by atoms with Crippen LogP contribution < -0.4 is 0 Å². The van der Waals surface area contributed by atoms with Crippen LogP contribution >= 0.6 is 0 Å². The molecule has 2 heteroatoms. The third-order valence-corrected chi connectivity index (χ3v) is 1.83. The van der Waals surface area contributed by atoms with Crippen LogP contribution in [0.4, 0.5) is 0 Å². The van der Waals surface area contributed by atoms with Gasteiger partial charge >= 0.3 is 0 Å². The summed E-state index contributed by atoms with van der Waals surface area (Å²) in [5.74, 6) is 0. The zero-order valence-electron chi connectivity index (χ0n) is 7.53. The monoisotopic (exact) mass is 164 g/mol. The van der Waals surface area contributed by atoms with Crippen molar-refractivity contribution in [3.8, 4) is 0 Å². The van der Waals surface area contributed by atoms with Crippen molar-refractivity contribution >= 4 is 0 Å². The summed E-state index contributed by atoms with van der Waals surface area (Å²) in [6.45, 7) is 0. The summed E-state index contributed by atoms with van der Waals surface area (Å²) in [6, 6.07) is 9.83. The quantitative estimate of drug-likeness (QED) is 0.621. The summed E-state index contributed by atoms with van der Waals surface area (Å²) in [4.78, 5) is 1.69. The largest absolute Gasteiger partial charge is 0.282 e. The Morgan fingerprint density at radius 2 is 1.83 bits per heavy atom. The fourth-order valence-corrected chi connectivity index (χ4v) is 0.998. The maximum Gasteiger partial charge on any atom is 0.149 e. The SMILES string of the molecule is CN(C)C([O])Cc1ccccc1. The van der Waals surface area contributed by atoms with E-state index >= 15 is 0 Å². The average molecular weight is 164 g/mol. The van der Waals surface area contributed by atoms with E-state index in [1.807, 2.05) is 30.3 Å². The molecule has 0 heterocycles. The van der Waals surface area contributed by atoms with Crippen LogP contribution in [0.1, 0.15) is 5.56 Å². The fourth-order valence-electron chi connectivity index (χ4n) is 0.998. The minimum Gasteiger partial charge on any atom is -0.282 e. The van der Waals surface area contributed by atoms with Gasteiger partial charge in [-0.25, -0.2) is 5.11 Å². The molecule has 0 fully saturated rings. The Hall–Kier alpha value is -0.860. The van der Waals surface area contributed by atoms with Gasteiger partial charge in [0, 0.05) is 6.42 Å². The lowest BCUT2D eigenvalue weighted by molar-refractivity contribution is -0.0193. The van der Waals surface area contributed by atoms with Crippen molar-refractivity contribution < 1.29 is 5.11 Å². The molecular formula is C10H14NO. The van der Waals surface area contributed by atoms with Gasteiger partial charge in [0.15, 0.2) is 0 Å². The van der Waals surface area contributed by atoms with Crippen LogP contribution in [-0.4, -0.2) is 25.2 Å². The van der Waals surface area contributed by atoms with Crippen LogP contribution in [0.5, 0.6) is 0 Å². The van der Waals surface area contributed by atoms with Gasteiger partial charge in [-0.05, 0) is 19.7 Å². The van der Waals surface area contributed by atoms with Crippen LogP contribution in [0.25, 0.3) is 0 Å². The lowest BCUT2D eigenvalue weighted by Crippen LogP contribution is -2.28. The zero-order valence-corrected chi connectivity index (χ0v) is 7.53. The second-order valence-corrected chi connectivity index (χ2v) is 3.11. The van der Waals surface area contributed by atoms with Crippen molar-refractivity contribution in [3.63, 3.8) is 0 Å². The Bertz CT molecular complexity index is 221. The number of rotatable bonds is 3. The Kier molecular flexibility index (Phi) is 3.26. The summed E-state index contributed by atoms with van der Waals surface area (Å²) in [5.41, 5.74) is 1.10. The molecule has 65 valence electrons. The number of hydrogen-bond donors (Lipinski definition) is 0. The van der Waals surface area contributed by atoms with Crippen LogP contribution in [0, 0.1) is 0 Å². The highest BCUT2D eigenvalue weighted by atomic mass is 16.3. The third kappa shape index (κ3) is 2.64. The van der Waals surface area contributed by atoms with Crippen LogP contribution in [0.2, 0.25) is 0 Å². The van der Waals surface area contributed by atoms with E-state index in [9.17, 15) is 5.11 Å². The van der Waals surface area contributed by atoms with E-state index < -0.39 is 6.23 Å². The first kappa shape index (κ1) is 9.23. The highest BCUT2D eigenvalue weighted by Gasteiger charge is 2.08. The molecule has 0 aromatic heterocycles. The van der Waals surface area contributed by atoms with E-state index in [0.29, 0.717) is 6.42 Å². The molecule has 1 aromatic rings. The molecule has 0 aliphatic rings. The van der Waals surface area contributed by atoms with Gasteiger partial charge in [0.05, 0.1) is 0 Å². The smallest absolute Gasteiger partial charge is 0.149 e. The first-order chi connectivity index (χ1) is 5.70. The number of likely N-dealkylation sites (N-methyl/N-ethyl adjacent to an activating group) is 1. The van der Waals surface area contributed by atoms with Gasteiger partial charge in [-0.3, -0.25) is 4.90 Å². The Morgan fingerprint density at radius 1 is 1.25 bits per heavy atom. The molecule has 0 N–H and O–H groups in total. The second-order valence-electron chi connectivity index (χ2n) is 3.11. The average Bonchev–Trinajstić information content (AvgIpc) is 2.06. The van der Waals surface area contributed by atoms with Crippen LogP contribution in [-0.2, 0) is 11.5 Å². The summed E-state index contributed by atoms with van der Waals surface area (Å²) >= 11 is 0. The number of hydrogen-bond acceptors (Lipinski definition) is 1. The molecule has 1 unspecified atom stereocenters. The minimum atomic E-state index is -0.632. The summed E-state index contributed by atoms with van der Waals surface area (Å²) < 4.78 is 0. The first-order valence-corrected chi connectivity index (χ1v) is 4.06. The predicted octanol–water partition coefficient (Wildman–Crippen LogP) is 1.55. The summed E-state index contributed by atoms with van der Waals surface area (Å²) in [7, 11) is 3.61. The van der Waals surface area contributed by atoms with E-state index in [2.05, 4.69) is 0 Å². The molecule has 0 aliphatic carbocycles. The summed E-state index contributed by atoms with van der Waals surface area (Å²) in [6.07, 6.45) is -0.0548. The van der Waals surface area contributed by atoms with E-state index in [4.69, 9.17) is 0 Å². The lowest BCUT2D eigenvalue weighted by atomic mass is 10.1. The standard InChI is InChI=1S/C10H14NO/c1-11(2)10(12)8-9-6-4-3-5-7-9/h3-7,10H,8H2,1-2H3. The molecule has 0 spiro atoms. The van der Waals surface area contributed by atoms with Gasteiger partial charge in [0.25, 0.3) is 0 Å². The molecule has 12 heavy (non-hydrogen) atoms. The molecule has 1 atom stereocenters. The van der Waals surface area contributed by atoms with Crippen molar-refractivity contribution in [1.29, 1.82) is 0 Å². The van der Waals surface area contributed by atoms with E-state index in [1.165, 1.54) is 0 Å². The normalized spacial score (nSPS) is 13.3. The first-order valence-electron chi connectivity index (χ1n) is 4.06. The highest BCUT2D eigenvalue weighted by molar-refractivity contribution is 5.15. The molecule has 0 saturated heterocycles.